The Balaban J connectivity index is 2.05. The minimum absolute atomic E-state index is 0.127. The van der Waals surface area contributed by atoms with Crippen molar-refractivity contribution in [2.75, 3.05) is 17.6 Å². The Morgan fingerprint density at radius 2 is 2.16 bits per heavy atom. The van der Waals surface area contributed by atoms with Crippen LogP contribution in [0.25, 0.3) is 10.2 Å². The average molecular weight is 382 g/mol. The summed E-state index contributed by atoms with van der Waals surface area (Å²) < 4.78 is 6.10. The second-order valence-electron chi connectivity index (χ2n) is 6.68. The number of anilines is 1. The summed E-state index contributed by atoms with van der Waals surface area (Å²) in [4.78, 5) is 11.8. The zero-order valence-electron chi connectivity index (χ0n) is 15.4. The van der Waals surface area contributed by atoms with Crippen LogP contribution in [0.4, 0.5) is 5.82 Å². The summed E-state index contributed by atoms with van der Waals surface area (Å²) in [6, 6.07) is 0. The molecule has 2 N–H and O–H groups in total. The third-order valence-corrected chi connectivity index (χ3v) is 6.64. The topological polar surface area (TPSA) is 67.3 Å². The van der Waals surface area contributed by atoms with Crippen molar-refractivity contribution in [1.29, 1.82) is 0 Å². The molecule has 0 bridgehead atoms. The molecule has 3 rings (SSSR count). The molecule has 3 heterocycles. The van der Waals surface area contributed by atoms with Crippen molar-refractivity contribution in [3.63, 3.8) is 0 Å². The van der Waals surface area contributed by atoms with E-state index in [0.29, 0.717) is 13.2 Å². The van der Waals surface area contributed by atoms with Crippen molar-refractivity contribution in [3.8, 4) is 0 Å². The van der Waals surface area contributed by atoms with E-state index >= 15 is 0 Å². The summed E-state index contributed by atoms with van der Waals surface area (Å²) in [6.07, 6.45) is 2.21. The predicted molar refractivity (Wildman–Crippen MR) is 106 cm³/mol. The number of aliphatic hydroxyl groups is 1. The van der Waals surface area contributed by atoms with Crippen LogP contribution in [0.15, 0.2) is 5.16 Å². The van der Waals surface area contributed by atoms with Gasteiger partial charge in [0.15, 0.2) is 5.16 Å². The highest BCUT2D eigenvalue weighted by molar-refractivity contribution is 7.99. The Labute approximate surface area is 157 Å². The zero-order chi connectivity index (χ0) is 18.0. The molecule has 2 aromatic rings. The van der Waals surface area contributed by atoms with Crippen LogP contribution in [0.1, 0.15) is 51.0 Å². The number of thiophene rings is 1. The Hall–Kier alpha value is -0.890. The van der Waals surface area contributed by atoms with E-state index in [0.717, 1.165) is 46.2 Å². The number of hydrogen-bond acceptors (Lipinski definition) is 7. The lowest BCUT2D eigenvalue weighted by Gasteiger charge is -2.33. The Kier molecular flexibility index (Phi) is 5.88. The van der Waals surface area contributed by atoms with Crippen molar-refractivity contribution in [2.45, 2.75) is 70.4 Å². The number of rotatable bonds is 7. The van der Waals surface area contributed by atoms with Crippen molar-refractivity contribution in [3.05, 3.63) is 10.4 Å². The van der Waals surface area contributed by atoms with Crippen LogP contribution in [0.5, 0.6) is 0 Å². The lowest BCUT2D eigenvalue weighted by molar-refractivity contribution is -0.0542. The number of fused-ring (bicyclic) bond motifs is 3. The van der Waals surface area contributed by atoms with Gasteiger partial charge < -0.3 is 15.2 Å². The van der Waals surface area contributed by atoms with Crippen LogP contribution in [0.2, 0.25) is 0 Å². The van der Waals surface area contributed by atoms with Gasteiger partial charge in [-0.05, 0) is 31.1 Å². The molecular formula is C18H27N3O2S2. The number of aromatic nitrogens is 2. The second kappa shape index (κ2) is 7.78. The fourth-order valence-corrected chi connectivity index (χ4v) is 4.69. The van der Waals surface area contributed by atoms with Crippen LogP contribution in [-0.4, -0.2) is 39.1 Å². The molecule has 1 aliphatic rings. The van der Waals surface area contributed by atoms with Gasteiger partial charge in [0.25, 0.3) is 0 Å². The molecule has 0 saturated heterocycles. The van der Waals surface area contributed by atoms with Gasteiger partial charge in [-0.15, -0.1) is 11.3 Å². The van der Waals surface area contributed by atoms with Gasteiger partial charge >= 0.3 is 0 Å². The predicted octanol–water partition coefficient (Wildman–Crippen LogP) is 4.23. The molecule has 2 atom stereocenters. The first kappa shape index (κ1) is 18.9. The van der Waals surface area contributed by atoms with Gasteiger partial charge in [-0.3, -0.25) is 0 Å². The van der Waals surface area contributed by atoms with Gasteiger partial charge in [-0.1, -0.05) is 32.5 Å². The molecule has 0 saturated carbocycles. The Bertz CT molecular complexity index is 749. The zero-order valence-corrected chi connectivity index (χ0v) is 17.0. The van der Waals surface area contributed by atoms with Gasteiger partial charge in [0, 0.05) is 17.8 Å². The van der Waals surface area contributed by atoms with Crippen LogP contribution in [-0.2, 0) is 17.8 Å². The fourth-order valence-electron chi connectivity index (χ4n) is 2.96. The molecule has 25 heavy (non-hydrogen) atoms. The van der Waals surface area contributed by atoms with Crippen LogP contribution in [0, 0.1) is 0 Å². The molecule has 138 valence electrons. The number of thioether (sulfide) groups is 1. The molecule has 0 amide bonds. The van der Waals surface area contributed by atoms with Crippen LogP contribution in [0.3, 0.4) is 0 Å². The normalized spacial score (nSPS) is 21.3. The Morgan fingerprint density at radius 1 is 1.36 bits per heavy atom. The summed E-state index contributed by atoms with van der Waals surface area (Å²) in [5, 5.41) is 15.2. The maximum absolute atomic E-state index is 9.95. The van der Waals surface area contributed by atoms with E-state index in [1.165, 1.54) is 10.4 Å². The van der Waals surface area contributed by atoms with Gasteiger partial charge in [0.1, 0.15) is 10.6 Å². The molecule has 7 heteroatoms. The summed E-state index contributed by atoms with van der Waals surface area (Å²) in [7, 11) is 0. The highest BCUT2D eigenvalue weighted by Gasteiger charge is 2.33. The van der Waals surface area contributed by atoms with Crippen molar-refractivity contribution >= 4 is 39.1 Å². The molecule has 0 radical (unpaired) electrons. The Morgan fingerprint density at radius 3 is 2.84 bits per heavy atom. The molecule has 0 spiro atoms. The summed E-state index contributed by atoms with van der Waals surface area (Å²) in [5.41, 5.74) is 1.19. The standard InChI is InChI=1S/C18H27N3O2S2/c1-5-11(22)9-19-15-14-12-8-18(4,6-2)23-10-13(12)25-16(14)21-17(20-15)24-7-3/h11,22H,5-10H2,1-4H3,(H,19,20,21). The first-order valence-electron chi connectivity index (χ1n) is 9.00. The van der Waals surface area contributed by atoms with Gasteiger partial charge in [-0.2, -0.15) is 0 Å². The van der Waals surface area contributed by atoms with Gasteiger partial charge in [0.2, 0.25) is 0 Å². The number of hydrogen-bond donors (Lipinski definition) is 2. The van der Waals surface area contributed by atoms with Crippen molar-refractivity contribution in [1.82, 2.24) is 9.97 Å². The minimum Gasteiger partial charge on any atom is -0.391 e. The van der Waals surface area contributed by atoms with E-state index in [1.54, 1.807) is 23.1 Å². The van der Waals surface area contributed by atoms with E-state index in [-0.39, 0.29) is 11.7 Å². The summed E-state index contributed by atoms with van der Waals surface area (Å²) >= 11 is 3.36. The highest BCUT2D eigenvalue weighted by atomic mass is 32.2. The molecule has 1 aliphatic heterocycles. The van der Waals surface area contributed by atoms with E-state index in [1.807, 2.05) is 6.92 Å². The molecule has 0 aromatic carbocycles. The number of nitrogens with zero attached hydrogens (tertiary/aromatic N) is 2. The van der Waals surface area contributed by atoms with E-state index in [9.17, 15) is 5.11 Å². The fraction of sp³-hybridized carbons (Fsp3) is 0.667. The van der Waals surface area contributed by atoms with Gasteiger partial charge in [-0.25, -0.2) is 9.97 Å². The monoisotopic (exact) mass is 381 g/mol. The lowest BCUT2D eigenvalue weighted by Crippen LogP contribution is -2.34. The van der Waals surface area contributed by atoms with Gasteiger partial charge in [0.05, 0.1) is 23.7 Å². The third kappa shape index (κ3) is 3.94. The number of ether oxygens (including phenoxy) is 1. The minimum atomic E-state index is -0.369. The quantitative estimate of drug-likeness (QED) is 0.553. The highest BCUT2D eigenvalue weighted by Crippen LogP contribution is 2.42. The third-order valence-electron chi connectivity index (χ3n) is 4.81. The molecule has 5 nitrogen and oxygen atoms in total. The molecule has 2 aromatic heterocycles. The molecule has 0 aliphatic carbocycles. The molecular weight excluding hydrogens is 354 g/mol. The maximum atomic E-state index is 9.95. The van der Waals surface area contributed by atoms with E-state index < -0.39 is 0 Å². The summed E-state index contributed by atoms with van der Waals surface area (Å²) in [5.74, 6) is 1.79. The first-order valence-corrected chi connectivity index (χ1v) is 10.8. The largest absolute Gasteiger partial charge is 0.391 e. The molecule has 0 fully saturated rings. The van der Waals surface area contributed by atoms with Crippen molar-refractivity contribution < 1.29 is 9.84 Å². The molecule has 2 unspecified atom stereocenters. The van der Waals surface area contributed by atoms with E-state index in [2.05, 4.69) is 26.1 Å². The van der Waals surface area contributed by atoms with Crippen molar-refractivity contribution in [2.24, 2.45) is 0 Å². The van der Waals surface area contributed by atoms with Crippen LogP contribution >= 0.6 is 23.1 Å². The second-order valence-corrected chi connectivity index (χ2v) is 9.00. The lowest BCUT2D eigenvalue weighted by atomic mass is 9.90. The van der Waals surface area contributed by atoms with Crippen LogP contribution < -0.4 is 5.32 Å². The average Bonchev–Trinajstić information content (AvgIpc) is 2.97. The number of aliphatic hydroxyl groups excluding tert-OH is 1. The maximum Gasteiger partial charge on any atom is 0.190 e. The SMILES string of the molecule is CCSc1nc(NCC(O)CC)c2c3c(sc2n1)COC(C)(CC)C3. The summed E-state index contributed by atoms with van der Waals surface area (Å²) in [6.45, 7) is 9.58. The first-order chi connectivity index (χ1) is 12.0. The van der Waals surface area contributed by atoms with E-state index in [4.69, 9.17) is 14.7 Å². The smallest absolute Gasteiger partial charge is 0.190 e. The number of nitrogens with one attached hydrogen (secondary N) is 1.